The van der Waals surface area contributed by atoms with E-state index in [4.69, 9.17) is 4.74 Å². The highest BCUT2D eigenvalue weighted by molar-refractivity contribution is 9.10. The predicted octanol–water partition coefficient (Wildman–Crippen LogP) is 1.69. The highest BCUT2D eigenvalue weighted by Gasteiger charge is 2.50. The standard InChI is InChI=1S/C16H17BrN2O4/c1-16(22)7-10-12(14(20)19-18-10)11(13(16)15(21)23-2)8-3-5-9(17)6-4-8/h3-6,11,13,22H,7H2,1-2H3,(H2,18,19,20)/t11-,13-,16+/m0/s1. The summed E-state index contributed by atoms with van der Waals surface area (Å²) in [6, 6.07) is 7.35. The molecule has 122 valence electrons. The van der Waals surface area contributed by atoms with E-state index in [0.29, 0.717) is 11.3 Å². The van der Waals surface area contributed by atoms with Crippen LogP contribution in [0.1, 0.15) is 29.7 Å². The lowest BCUT2D eigenvalue weighted by Gasteiger charge is -2.40. The number of nitrogens with one attached hydrogen (secondary N) is 2. The van der Waals surface area contributed by atoms with Crippen molar-refractivity contribution >= 4 is 21.9 Å². The normalized spacial score (nSPS) is 26.6. The Bertz CT molecular complexity index is 791. The maximum atomic E-state index is 12.4. The summed E-state index contributed by atoms with van der Waals surface area (Å²) in [5, 5.41) is 16.2. The van der Waals surface area contributed by atoms with Gasteiger partial charge in [0.15, 0.2) is 0 Å². The molecule has 1 aromatic heterocycles. The third kappa shape index (κ3) is 2.64. The number of ether oxygens (including phenoxy) is 1. The first-order chi connectivity index (χ1) is 10.8. The minimum atomic E-state index is -1.33. The molecule has 23 heavy (non-hydrogen) atoms. The average molecular weight is 381 g/mol. The number of aliphatic hydroxyl groups is 1. The SMILES string of the molecule is COC(=O)[C@@H]1[C@@H](c2ccc(Br)cc2)c2c([nH][nH]c2=O)C[C@@]1(C)O. The molecule has 2 aromatic rings. The van der Waals surface area contributed by atoms with Crippen LogP contribution in [0.4, 0.5) is 0 Å². The number of fused-ring (bicyclic) bond motifs is 1. The molecule has 3 N–H and O–H groups in total. The van der Waals surface area contributed by atoms with Crippen LogP contribution in [0, 0.1) is 5.92 Å². The summed E-state index contributed by atoms with van der Waals surface area (Å²) in [5.41, 5.74) is 0.262. The number of halogens is 1. The van der Waals surface area contributed by atoms with Gasteiger partial charge in [0.2, 0.25) is 0 Å². The van der Waals surface area contributed by atoms with Gasteiger partial charge in [-0.05, 0) is 24.6 Å². The molecule has 0 unspecified atom stereocenters. The topological polar surface area (TPSA) is 95.2 Å². The van der Waals surface area contributed by atoms with Crippen LogP contribution < -0.4 is 5.56 Å². The monoisotopic (exact) mass is 380 g/mol. The zero-order valence-electron chi connectivity index (χ0n) is 12.7. The summed E-state index contributed by atoms with van der Waals surface area (Å²) < 4.78 is 5.79. The Morgan fingerprint density at radius 1 is 1.35 bits per heavy atom. The van der Waals surface area contributed by atoms with Gasteiger partial charge in [0.25, 0.3) is 5.56 Å². The smallest absolute Gasteiger partial charge is 0.312 e. The van der Waals surface area contributed by atoms with Crippen molar-refractivity contribution in [3.63, 3.8) is 0 Å². The largest absolute Gasteiger partial charge is 0.469 e. The molecule has 1 heterocycles. The van der Waals surface area contributed by atoms with Gasteiger partial charge in [-0.25, -0.2) is 0 Å². The zero-order chi connectivity index (χ0) is 16.8. The van der Waals surface area contributed by atoms with Gasteiger partial charge in [-0.1, -0.05) is 28.1 Å². The lowest BCUT2D eigenvalue weighted by molar-refractivity contribution is -0.156. The minimum absolute atomic E-state index is 0.174. The van der Waals surface area contributed by atoms with E-state index in [1.807, 2.05) is 24.3 Å². The van der Waals surface area contributed by atoms with Gasteiger partial charge in [-0.3, -0.25) is 14.7 Å². The van der Waals surface area contributed by atoms with Crippen molar-refractivity contribution in [3.8, 4) is 0 Å². The zero-order valence-corrected chi connectivity index (χ0v) is 14.3. The van der Waals surface area contributed by atoms with E-state index in [2.05, 4.69) is 26.1 Å². The Labute approximate surface area is 141 Å². The summed E-state index contributed by atoms with van der Waals surface area (Å²) in [6.45, 7) is 1.59. The fourth-order valence-corrected chi connectivity index (χ4v) is 3.68. The van der Waals surface area contributed by atoms with Crippen LogP contribution in [0.5, 0.6) is 0 Å². The fourth-order valence-electron chi connectivity index (χ4n) is 3.41. The van der Waals surface area contributed by atoms with Crippen LogP contribution in [0.25, 0.3) is 0 Å². The van der Waals surface area contributed by atoms with E-state index < -0.39 is 23.4 Å². The van der Waals surface area contributed by atoms with Crippen molar-refractivity contribution in [1.82, 2.24) is 10.2 Å². The van der Waals surface area contributed by atoms with Crippen molar-refractivity contribution in [3.05, 3.63) is 55.9 Å². The lowest BCUT2D eigenvalue weighted by Crippen LogP contribution is -2.49. The number of aromatic nitrogens is 2. The molecule has 0 fully saturated rings. The Balaban J connectivity index is 2.24. The first-order valence-electron chi connectivity index (χ1n) is 7.20. The number of esters is 1. The molecule has 3 rings (SSSR count). The van der Waals surface area contributed by atoms with Gasteiger partial charge >= 0.3 is 5.97 Å². The molecule has 3 atom stereocenters. The van der Waals surface area contributed by atoms with E-state index in [9.17, 15) is 14.7 Å². The third-order valence-corrected chi connectivity index (χ3v) is 4.96. The van der Waals surface area contributed by atoms with Gasteiger partial charge in [-0.15, -0.1) is 0 Å². The number of rotatable bonds is 2. The maximum Gasteiger partial charge on any atom is 0.312 e. The highest BCUT2D eigenvalue weighted by atomic mass is 79.9. The van der Waals surface area contributed by atoms with Crippen LogP contribution in [-0.2, 0) is 16.0 Å². The van der Waals surface area contributed by atoms with Crippen LogP contribution in [0.2, 0.25) is 0 Å². The molecule has 1 aromatic carbocycles. The molecule has 0 radical (unpaired) electrons. The van der Waals surface area contributed by atoms with E-state index in [1.54, 1.807) is 6.92 Å². The Hall–Kier alpha value is -1.86. The average Bonchev–Trinajstić information content (AvgIpc) is 2.85. The molecule has 0 amide bonds. The van der Waals surface area contributed by atoms with E-state index in [0.717, 1.165) is 10.0 Å². The van der Waals surface area contributed by atoms with Crippen molar-refractivity contribution in [2.24, 2.45) is 5.92 Å². The van der Waals surface area contributed by atoms with Crippen molar-refractivity contribution < 1.29 is 14.6 Å². The van der Waals surface area contributed by atoms with Gasteiger partial charge < -0.3 is 14.9 Å². The van der Waals surface area contributed by atoms with Crippen LogP contribution in [-0.4, -0.2) is 34.0 Å². The molecular weight excluding hydrogens is 364 g/mol. The number of hydrogen-bond donors (Lipinski definition) is 3. The molecular formula is C16H17BrN2O4. The molecule has 0 spiro atoms. The summed E-state index contributed by atoms with van der Waals surface area (Å²) in [7, 11) is 1.29. The second-order valence-corrected chi connectivity index (χ2v) is 6.95. The highest BCUT2D eigenvalue weighted by Crippen LogP contribution is 2.44. The molecule has 0 saturated heterocycles. The number of benzene rings is 1. The van der Waals surface area contributed by atoms with Crippen molar-refractivity contribution in [2.45, 2.75) is 24.9 Å². The molecule has 7 heteroatoms. The lowest BCUT2D eigenvalue weighted by atomic mass is 9.66. The first-order valence-corrected chi connectivity index (χ1v) is 7.99. The van der Waals surface area contributed by atoms with E-state index >= 15 is 0 Å². The summed E-state index contributed by atoms with van der Waals surface area (Å²) >= 11 is 3.37. The second-order valence-electron chi connectivity index (χ2n) is 6.04. The number of methoxy groups -OCH3 is 1. The number of carbonyl (C=O) groups excluding carboxylic acids is 1. The third-order valence-electron chi connectivity index (χ3n) is 4.43. The van der Waals surface area contributed by atoms with E-state index in [-0.39, 0.29) is 12.0 Å². The Kier molecular flexibility index (Phi) is 3.93. The quantitative estimate of drug-likeness (QED) is 0.690. The Morgan fingerprint density at radius 3 is 2.61 bits per heavy atom. The van der Waals surface area contributed by atoms with Crippen LogP contribution in [0.15, 0.2) is 33.5 Å². The minimum Gasteiger partial charge on any atom is -0.469 e. The first kappa shape index (κ1) is 16.0. The molecule has 0 saturated carbocycles. The number of hydrogen-bond acceptors (Lipinski definition) is 4. The molecule has 1 aliphatic rings. The van der Waals surface area contributed by atoms with Crippen LogP contribution in [0.3, 0.4) is 0 Å². The van der Waals surface area contributed by atoms with Gasteiger partial charge in [0.05, 0.1) is 18.6 Å². The summed E-state index contributed by atoms with van der Waals surface area (Å²) in [6.07, 6.45) is 0.174. The molecule has 6 nitrogen and oxygen atoms in total. The maximum absolute atomic E-state index is 12.4. The van der Waals surface area contributed by atoms with E-state index in [1.165, 1.54) is 7.11 Å². The Morgan fingerprint density at radius 2 is 2.00 bits per heavy atom. The van der Waals surface area contributed by atoms with Crippen LogP contribution >= 0.6 is 15.9 Å². The summed E-state index contributed by atoms with van der Waals surface area (Å²) in [5.74, 6) is -1.98. The molecule has 0 bridgehead atoms. The summed E-state index contributed by atoms with van der Waals surface area (Å²) in [4.78, 5) is 24.6. The van der Waals surface area contributed by atoms with Gasteiger partial charge in [-0.2, -0.15) is 0 Å². The van der Waals surface area contributed by atoms with Gasteiger partial charge in [0.1, 0.15) is 0 Å². The second kappa shape index (κ2) is 5.65. The number of H-pyrrole nitrogens is 2. The van der Waals surface area contributed by atoms with Gasteiger partial charge in [0, 0.05) is 28.1 Å². The fraction of sp³-hybridized carbons (Fsp3) is 0.375. The number of aromatic amines is 2. The van der Waals surface area contributed by atoms with Crippen molar-refractivity contribution in [1.29, 1.82) is 0 Å². The number of carbonyl (C=O) groups is 1. The van der Waals surface area contributed by atoms with Crippen molar-refractivity contribution in [2.75, 3.05) is 7.11 Å². The molecule has 1 aliphatic carbocycles. The molecule has 0 aliphatic heterocycles. The predicted molar refractivity (Wildman–Crippen MR) is 87.2 cm³/mol.